The molecule has 0 spiro atoms. The molecule has 4 heteroatoms. The number of esters is 1. The summed E-state index contributed by atoms with van der Waals surface area (Å²) in [4.78, 5) is 10.8. The molecule has 0 aliphatic carbocycles. The zero-order valence-corrected chi connectivity index (χ0v) is 7.76. The molecule has 0 aromatic carbocycles. The van der Waals surface area contributed by atoms with Crippen molar-refractivity contribution in [2.24, 2.45) is 16.9 Å². The van der Waals surface area contributed by atoms with Crippen molar-refractivity contribution in [2.45, 2.75) is 20.8 Å². The number of carbonyl (C=O) groups is 1. The fourth-order valence-corrected chi connectivity index (χ4v) is 0.465. The number of hydrogen-bond donors (Lipinski definition) is 2. The minimum absolute atomic E-state index is 0.0334. The van der Waals surface area contributed by atoms with Crippen molar-refractivity contribution in [3.05, 3.63) is 11.9 Å². The predicted molar refractivity (Wildman–Crippen MR) is 46.9 cm³/mol. The van der Waals surface area contributed by atoms with E-state index >= 15 is 0 Å². The molecule has 0 aromatic heterocycles. The van der Waals surface area contributed by atoms with Crippen LogP contribution in [0.5, 0.6) is 0 Å². The third kappa shape index (κ3) is 6.92. The second-order valence-electron chi connectivity index (χ2n) is 3.81. The van der Waals surface area contributed by atoms with Gasteiger partial charge in [0.2, 0.25) is 0 Å². The van der Waals surface area contributed by atoms with E-state index in [0.29, 0.717) is 6.61 Å². The SMILES string of the molecule is CC(C)(C)COC(=O)C=C(N)N. The second kappa shape index (κ2) is 3.99. The lowest BCUT2D eigenvalue weighted by Crippen LogP contribution is -2.19. The predicted octanol–water partition coefficient (Wildman–Crippen LogP) is 0.335. The number of hydrogen-bond acceptors (Lipinski definition) is 4. The normalized spacial score (nSPS) is 10.6. The van der Waals surface area contributed by atoms with Gasteiger partial charge in [-0.2, -0.15) is 0 Å². The van der Waals surface area contributed by atoms with Gasteiger partial charge in [0, 0.05) is 0 Å². The molecule has 70 valence electrons. The lowest BCUT2D eigenvalue weighted by atomic mass is 9.99. The van der Waals surface area contributed by atoms with E-state index < -0.39 is 5.97 Å². The highest BCUT2D eigenvalue weighted by Gasteiger charge is 2.12. The molecule has 12 heavy (non-hydrogen) atoms. The number of rotatable bonds is 2. The van der Waals surface area contributed by atoms with Crippen LogP contribution in [0.25, 0.3) is 0 Å². The summed E-state index contributed by atoms with van der Waals surface area (Å²) in [7, 11) is 0. The molecule has 0 unspecified atom stereocenters. The molecule has 0 aromatic rings. The summed E-state index contributed by atoms with van der Waals surface area (Å²) in [5, 5.41) is 0. The average molecular weight is 172 g/mol. The van der Waals surface area contributed by atoms with Crippen molar-refractivity contribution >= 4 is 5.97 Å². The largest absolute Gasteiger partial charge is 0.462 e. The molecule has 0 fully saturated rings. The molecular formula is C8H16N2O2. The van der Waals surface area contributed by atoms with Gasteiger partial charge in [0.15, 0.2) is 0 Å². The van der Waals surface area contributed by atoms with Crippen molar-refractivity contribution in [1.29, 1.82) is 0 Å². The molecule has 0 saturated carbocycles. The molecule has 0 saturated heterocycles. The molecular weight excluding hydrogens is 156 g/mol. The summed E-state index contributed by atoms with van der Waals surface area (Å²) in [6, 6.07) is 0. The Bertz CT molecular complexity index is 188. The van der Waals surface area contributed by atoms with Gasteiger partial charge in [-0.3, -0.25) is 0 Å². The molecule has 0 aliphatic rings. The van der Waals surface area contributed by atoms with Gasteiger partial charge in [0.05, 0.1) is 12.7 Å². The zero-order valence-electron chi connectivity index (χ0n) is 7.76. The maximum Gasteiger partial charge on any atom is 0.334 e. The van der Waals surface area contributed by atoms with E-state index in [2.05, 4.69) is 0 Å². The van der Waals surface area contributed by atoms with Crippen LogP contribution in [0.1, 0.15) is 20.8 Å². The van der Waals surface area contributed by atoms with Crippen molar-refractivity contribution in [1.82, 2.24) is 0 Å². The van der Waals surface area contributed by atoms with Crippen LogP contribution in [0.15, 0.2) is 11.9 Å². The van der Waals surface area contributed by atoms with Gasteiger partial charge in [-0.15, -0.1) is 0 Å². The lowest BCUT2D eigenvalue weighted by Gasteiger charge is -2.16. The number of ether oxygens (including phenoxy) is 1. The fourth-order valence-electron chi connectivity index (χ4n) is 0.465. The van der Waals surface area contributed by atoms with Crippen molar-refractivity contribution in [3.8, 4) is 0 Å². The summed E-state index contributed by atoms with van der Waals surface area (Å²) in [5.74, 6) is -0.529. The standard InChI is InChI=1S/C8H16N2O2/c1-8(2,3)5-12-7(11)4-6(9)10/h4H,5,9-10H2,1-3H3. The molecule has 0 bridgehead atoms. The van der Waals surface area contributed by atoms with Crippen LogP contribution in [-0.2, 0) is 9.53 Å². The number of nitrogens with two attached hydrogens (primary N) is 2. The molecule has 4 N–H and O–H groups in total. The highest BCUT2D eigenvalue weighted by molar-refractivity contribution is 5.82. The molecule has 0 amide bonds. The van der Waals surface area contributed by atoms with Gasteiger partial charge in [0.1, 0.15) is 5.82 Å². The summed E-state index contributed by atoms with van der Waals surface area (Å²) < 4.78 is 4.84. The Morgan fingerprint density at radius 2 is 1.92 bits per heavy atom. The Balaban J connectivity index is 3.81. The quantitative estimate of drug-likeness (QED) is 0.465. The molecule has 0 aliphatic heterocycles. The Labute approximate surface area is 72.6 Å². The minimum Gasteiger partial charge on any atom is -0.462 e. The maximum atomic E-state index is 10.8. The van der Waals surface area contributed by atoms with Crippen LogP contribution in [-0.4, -0.2) is 12.6 Å². The van der Waals surface area contributed by atoms with Crippen molar-refractivity contribution in [3.63, 3.8) is 0 Å². The molecule has 0 atom stereocenters. The average Bonchev–Trinajstić information content (AvgIpc) is 1.80. The monoisotopic (exact) mass is 172 g/mol. The smallest absolute Gasteiger partial charge is 0.334 e. The summed E-state index contributed by atoms with van der Waals surface area (Å²) in [6.45, 7) is 6.26. The lowest BCUT2D eigenvalue weighted by molar-refractivity contribution is -0.140. The second-order valence-corrected chi connectivity index (χ2v) is 3.81. The van der Waals surface area contributed by atoms with E-state index in [-0.39, 0.29) is 11.2 Å². The van der Waals surface area contributed by atoms with Crippen LogP contribution in [0, 0.1) is 5.41 Å². The van der Waals surface area contributed by atoms with Crippen molar-refractivity contribution < 1.29 is 9.53 Å². The third-order valence-electron chi connectivity index (χ3n) is 0.932. The van der Waals surface area contributed by atoms with Gasteiger partial charge < -0.3 is 16.2 Å². The maximum absolute atomic E-state index is 10.8. The Hall–Kier alpha value is -1.19. The van der Waals surface area contributed by atoms with Crippen LogP contribution < -0.4 is 11.5 Å². The van der Waals surface area contributed by atoms with Crippen LogP contribution in [0.4, 0.5) is 0 Å². The van der Waals surface area contributed by atoms with Gasteiger partial charge >= 0.3 is 5.97 Å². The van der Waals surface area contributed by atoms with Gasteiger partial charge in [-0.25, -0.2) is 4.79 Å². The molecule has 4 nitrogen and oxygen atoms in total. The first-order valence-electron chi connectivity index (χ1n) is 3.71. The number of carbonyl (C=O) groups excluding carboxylic acids is 1. The van der Waals surface area contributed by atoms with Gasteiger partial charge in [0.25, 0.3) is 0 Å². The topological polar surface area (TPSA) is 78.3 Å². The molecule has 0 rings (SSSR count). The Morgan fingerprint density at radius 3 is 2.25 bits per heavy atom. The third-order valence-corrected chi connectivity index (χ3v) is 0.932. The summed E-state index contributed by atoms with van der Waals surface area (Å²) in [6.07, 6.45) is 1.06. The highest BCUT2D eigenvalue weighted by Crippen LogP contribution is 2.12. The summed E-state index contributed by atoms with van der Waals surface area (Å²) in [5.41, 5.74) is 10.1. The van der Waals surface area contributed by atoms with Gasteiger partial charge in [-0.05, 0) is 5.41 Å². The highest BCUT2D eigenvalue weighted by atomic mass is 16.5. The van der Waals surface area contributed by atoms with Crippen LogP contribution >= 0.6 is 0 Å². The van der Waals surface area contributed by atoms with Crippen molar-refractivity contribution in [2.75, 3.05) is 6.61 Å². The first-order valence-corrected chi connectivity index (χ1v) is 3.71. The van der Waals surface area contributed by atoms with Gasteiger partial charge in [-0.1, -0.05) is 20.8 Å². The van der Waals surface area contributed by atoms with E-state index in [0.717, 1.165) is 6.08 Å². The first-order chi connectivity index (χ1) is 5.31. The van der Waals surface area contributed by atoms with E-state index in [1.54, 1.807) is 0 Å². The van der Waals surface area contributed by atoms with E-state index in [9.17, 15) is 4.79 Å². The fraction of sp³-hybridized carbons (Fsp3) is 0.625. The Kier molecular flexibility index (Phi) is 3.60. The van der Waals surface area contributed by atoms with E-state index in [1.165, 1.54) is 0 Å². The summed E-state index contributed by atoms with van der Waals surface area (Å²) >= 11 is 0. The van der Waals surface area contributed by atoms with Crippen LogP contribution in [0.3, 0.4) is 0 Å². The Morgan fingerprint density at radius 1 is 1.42 bits per heavy atom. The molecule has 0 heterocycles. The van der Waals surface area contributed by atoms with Crippen LogP contribution in [0.2, 0.25) is 0 Å². The molecule has 0 radical (unpaired) electrons. The van der Waals surface area contributed by atoms with E-state index in [1.807, 2.05) is 20.8 Å². The minimum atomic E-state index is -0.495. The van der Waals surface area contributed by atoms with E-state index in [4.69, 9.17) is 16.2 Å². The zero-order chi connectivity index (χ0) is 9.78. The first kappa shape index (κ1) is 10.8.